The SMILES string of the molecule is COc1cc(=O)cc2n(-c3cc(OC)c(O)c(OC)c3)c3ccccc3nc1-2. The van der Waals surface area contributed by atoms with Gasteiger partial charge in [0, 0.05) is 24.3 Å². The number of para-hydroxylation sites is 2. The Balaban J connectivity index is 2.18. The van der Waals surface area contributed by atoms with Crippen LogP contribution in [0.3, 0.4) is 0 Å². The van der Waals surface area contributed by atoms with Gasteiger partial charge in [-0.1, -0.05) is 12.1 Å². The van der Waals surface area contributed by atoms with Gasteiger partial charge in [-0.05, 0) is 12.1 Å². The molecule has 28 heavy (non-hydrogen) atoms. The molecule has 0 saturated heterocycles. The lowest BCUT2D eigenvalue weighted by Crippen LogP contribution is -2.11. The van der Waals surface area contributed by atoms with Crippen LogP contribution < -0.4 is 19.6 Å². The molecule has 0 atom stereocenters. The highest BCUT2D eigenvalue weighted by Gasteiger charge is 2.21. The Kier molecular flexibility index (Phi) is 4.27. The summed E-state index contributed by atoms with van der Waals surface area (Å²) in [5.41, 5.74) is 3.05. The molecule has 0 bridgehead atoms. The van der Waals surface area contributed by atoms with Gasteiger partial charge in [0.05, 0.1) is 43.7 Å². The third-order valence-electron chi connectivity index (χ3n) is 4.57. The average Bonchev–Trinajstić information content (AvgIpc) is 2.72. The number of aromatic hydroxyl groups is 1. The molecule has 7 heteroatoms. The number of fused-ring (bicyclic) bond motifs is 2. The minimum atomic E-state index is -0.201. The van der Waals surface area contributed by atoms with Crippen LogP contribution in [0.25, 0.3) is 28.1 Å². The van der Waals surface area contributed by atoms with E-state index in [9.17, 15) is 9.90 Å². The van der Waals surface area contributed by atoms with Gasteiger partial charge in [-0.2, -0.15) is 0 Å². The number of nitrogens with zero attached hydrogens (tertiary/aromatic N) is 2. The highest BCUT2D eigenvalue weighted by Crippen LogP contribution is 2.41. The van der Waals surface area contributed by atoms with Crippen LogP contribution in [0.4, 0.5) is 0 Å². The predicted octanol–water partition coefficient (Wildman–Crippen LogP) is 3.22. The zero-order valence-electron chi connectivity index (χ0n) is 15.6. The molecule has 0 radical (unpaired) electrons. The lowest BCUT2D eigenvalue weighted by molar-refractivity contribution is 0.339. The molecule has 0 saturated carbocycles. The monoisotopic (exact) mass is 378 g/mol. The molecule has 0 spiro atoms. The first kappa shape index (κ1) is 17.7. The molecule has 0 fully saturated rings. The number of aromatic nitrogens is 2. The van der Waals surface area contributed by atoms with Gasteiger partial charge in [0.15, 0.2) is 22.7 Å². The van der Waals surface area contributed by atoms with Gasteiger partial charge < -0.3 is 23.9 Å². The third-order valence-corrected chi connectivity index (χ3v) is 4.57. The Hall–Kier alpha value is -3.74. The summed E-state index contributed by atoms with van der Waals surface area (Å²) >= 11 is 0. The molecular formula is C21H18N2O5. The molecule has 2 aromatic rings. The molecule has 7 nitrogen and oxygen atoms in total. The molecule has 0 aromatic heterocycles. The Labute approximate surface area is 160 Å². The molecule has 1 aliphatic carbocycles. The zero-order valence-corrected chi connectivity index (χ0v) is 15.6. The largest absolute Gasteiger partial charge is 0.502 e. The van der Waals surface area contributed by atoms with Crippen molar-refractivity contribution in [3.8, 4) is 40.1 Å². The van der Waals surface area contributed by atoms with Gasteiger partial charge in [-0.25, -0.2) is 4.98 Å². The van der Waals surface area contributed by atoms with E-state index in [1.165, 1.54) is 33.5 Å². The standard InChI is InChI=1S/C21H18N2O5/c1-26-17-11-13(24)10-16-20(17)22-14-6-4-5-7-15(14)23(16)12-8-18(27-2)21(25)19(9-12)28-3/h4-11,25H,1-3H3. The summed E-state index contributed by atoms with van der Waals surface area (Å²) in [5.74, 6) is 0.793. The molecule has 1 aliphatic heterocycles. The van der Waals surface area contributed by atoms with E-state index in [4.69, 9.17) is 14.2 Å². The van der Waals surface area contributed by atoms with E-state index in [2.05, 4.69) is 4.98 Å². The first-order valence-corrected chi connectivity index (χ1v) is 8.52. The van der Waals surface area contributed by atoms with Crippen molar-refractivity contribution in [2.75, 3.05) is 21.3 Å². The summed E-state index contributed by atoms with van der Waals surface area (Å²) in [6, 6.07) is 13.8. The van der Waals surface area contributed by atoms with Gasteiger partial charge in [-0.15, -0.1) is 0 Å². The molecule has 1 heterocycles. The normalized spacial score (nSPS) is 11.0. The number of hydrogen-bond donors (Lipinski definition) is 1. The maximum Gasteiger partial charge on any atom is 0.200 e. The van der Waals surface area contributed by atoms with E-state index in [0.29, 0.717) is 22.8 Å². The van der Waals surface area contributed by atoms with E-state index in [0.717, 1.165) is 11.0 Å². The highest BCUT2D eigenvalue weighted by molar-refractivity contribution is 5.85. The Morgan fingerprint density at radius 2 is 1.54 bits per heavy atom. The molecule has 142 valence electrons. The quantitative estimate of drug-likeness (QED) is 0.549. The Morgan fingerprint density at radius 3 is 2.18 bits per heavy atom. The zero-order chi connectivity index (χ0) is 19.8. The van der Waals surface area contributed by atoms with Gasteiger partial charge in [0.1, 0.15) is 5.69 Å². The summed E-state index contributed by atoms with van der Waals surface area (Å²) in [5, 5.41) is 10.3. The van der Waals surface area contributed by atoms with E-state index in [1.807, 2.05) is 28.8 Å². The molecule has 0 amide bonds. The van der Waals surface area contributed by atoms with Crippen molar-refractivity contribution in [1.29, 1.82) is 0 Å². The van der Waals surface area contributed by atoms with E-state index in [-0.39, 0.29) is 22.7 Å². The van der Waals surface area contributed by atoms with Gasteiger partial charge in [0.25, 0.3) is 0 Å². The van der Waals surface area contributed by atoms with Crippen molar-refractivity contribution in [1.82, 2.24) is 9.55 Å². The minimum Gasteiger partial charge on any atom is -0.502 e. The maximum atomic E-state index is 12.3. The second kappa shape index (κ2) is 6.77. The molecule has 0 unspecified atom stereocenters. The summed E-state index contributed by atoms with van der Waals surface area (Å²) in [6.45, 7) is 0. The first-order valence-electron chi connectivity index (χ1n) is 8.52. The summed E-state index contributed by atoms with van der Waals surface area (Å²) in [7, 11) is 4.43. The second-order valence-corrected chi connectivity index (χ2v) is 6.13. The fourth-order valence-electron chi connectivity index (χ4n) is 3.29. The van der Waals surface area contributed by atoms with Crippen LogP contribution in [-0.4, -0.2) is 36.0 Å². The lowest BCUT2D eigenvalue weighted by Gasteiger charge is -2.21. The highest BCUT2D eigenvalue weighted by atomic mass is 16.5. The van der Waals surface area contributed by atoms with Crippen molar-refractivity contribution >= 4 is 11.0 Å². The van der Waals surface area contributed by atoms with Crippen LogP contribution in [0.1, 0.15) is 0 Å². The fraction of sp³-hybridized carbons (Fsp3) is 0.143. The van der Waals surface area contributed by atoms with Crippen LogP contribution in [0.15, 0.2) is 53.3 Å². The topological polar surface area (TPSA) is 82.8 Å². The van der Waals surface area contributed by atoms with E-state index >= 15 is 0 Å². The Bertz CT molecular complexity index is 1190. The number of benzene rings is 3. The fourth-order valence-corrected chi connectivity index (χ4v) is 3.29. The first-order chi connectivity index (χ1) is 13.6. The van der Waals surface area contributed by atoms with E-state index in [1.54, 1.807) is 12.1 Å². The van der Waals surface area contributed by atoms with Crippen molar-refractivity contribution in [2.45, 2.75) is 0 Å². The summed E-state index contributed by atoms with van der Waals surface area (Å²) < 4.78 is 17.9. The molecule has 1 N–H and O–H groups in total. The number of ether oxygens (including phenoxy) is 3. The van der Waals surface area contributed by atoms with Crippen molar-refractivity contribution < 1.29 is 19.3 Å². The number of methoxy groups -OCH3 is 3. The van der Waals surface area contributed by atoms with Crippen LogP contribution in [0.5, 0.6) is 23.0 Å². The number of hydrogen-bond acceptors (Lipinski definition) is 6. The smallest absolute Gasteiger partial charge is 0.200 e. The van der Waals surface area contributed by atoms with Gasteiger partial charge in [-0.3, -0.25) is 4.79 Å². The number of phenolic OH excluding ortho intramolecular Hbond substituents is 1. The van der Waals surface area contributed by atoms with Crippen LogP contribution in [0.2, 0.25) is 0 Å². The van der Waals surface area contributed by atoms with Crippen molar-refractivity contribution in [3.05, 3.63) is 58.8 Å². The predicted molar refractivity (Wildman–Crippen MR) is 105 cm³/mol. The van der Waals surface area contributed by atoms with Gasteiger partial charge >= 0.3 is 0 Å². The second-order valence-electron chi connectivity index (χ2n) is 6.13. The minimum absolute atomic E-state index is 0.0980. The van der Waals surface area contributed by atoms with Crippen LogP contribution >= 0.6 is 0 Å². The number of phenols is 1. The van der Waals surface area contributed by atoms with E-state index < -0.39 is 0 Å². The van der Waals surface area contributed by atoms with Crippen LogP contribution in [0, 0.1) is 0 Å². The van der Waals surface area contributed by atoms with Crippen molar-refractivity contribution in [2.24, 2.45) is 0 Å². The third kappa shape index (κ3) is 2.68. The maximum absolute atomic E-state index is 12.3. The summed E-state index contributed by atoms with van der Waals surface area (Å²) in [6.07, 6.45) is 0. The molecule has 2 aliphatic rings. The van der Waals surface area contributed by atoms with Crippen molar-refractivity contribution in [3.63, 3.8) is 0 Å². The molecular weight excluding hydrogens is 360 g/mol. The molecule has 4 rings (SSSR count). The number of rotatable bonds is 4. The average molecular weight is 378 g/mol. The van der Waals surface area contributed by atoms with Gasteiger partial charge in [0.2, 0.25) is 5.75 Å². The lowest BCUT2D eigenvalue weighted by atomic mass is 10.1. The summed E-state index contributed by atoms with van der Waals surface area (Å²) in [4.78, 5) is 17.0. The van der Waals surface area contributed by atoms with Crippen LogP contribution in [-0.2, 0) is 0 Å². The Morgan fingerprint density at radius 1 is 0.893 bits per heavy atom. The molecule has 2 aromatic carbocycles.